The van der Waals surface area contributed by atoms with Gasteiger partial charge in [0.2, 0.25) is 5.91 Å². The van der Waals surface area contributed by atoms with Crippen LogP contribution in [0.25, 0.3) is 0 Å². The van der Waals surface area contributed by atoms with Crippen molar-refractivity contribution in [1.29, 1.82) is 0 Å². The van der Waals surface area contributed by atoms with Crippen LogP contribution in [0, 0.1) is 17.8 Å². The number of carbonyl (C=O) groups is 3. The van der Waals surface area contributed by atoms with Crippen LogP contribution in [0.5, 0.6) is 0 Å². The van der Waals surface area contributed by atoms with Gasteiger partial charge >= 0.3 is 12.0 Å². The van der Waals surface area contributed by atoms with Crippen molar-refractivity contribution in [2.75, 3.05) is 32.7 Å². The van der Waals surface area contributed by atoms with E-state index in [0.29, 0.717) is 32.1 Å². The highest BCUT2D eigenvalue weighted by Crippen LogP contribution is 2.20. The molecule has 1 aliphatic rings. The standard InChI is InChI=1S/C18H33N3O4/c1-13(2)10-19-18(25)21-8-5-6-15(12-21)17(24)20(11-14(3)4)9-7-16(22)23/h13-15H,5-12H2,1-4H3,(H,19,25)(H,22,23). The number of carboxylic acid groups (broad SMARTS) is 1. The zero-order valence-corrected chi connectivity index (χ0v) is 16.0. The van der Waals surface area contributed by atoms with Crippen molar-refractivity contribution in [2.24, 2.45) is 17.8 Å². The largest absolute Gasteiger partial charge is 0.481 e. The number of likely N-dealkylation sites (tertiary alicyclic amines) is 1. The summed E-state index contributed by atoms with van der Waals surface area (Å²) < 4.78 is 0. The van der Waals surface area contributed by atoms with Crippen LogP contribution in [0.4, 0.5) is 4.79 Å². The molecule has 0 bridgehead atoms. The molecule has 1 heterocycles. The predicted octanol–water partition coefficient (Wildman–Crippen LogP) is 2.02. The molecule has 0 aromatic heterocycles. The van der Waals surface area contributed by atoms with Gasteiger partial charge < -0.3 is 20.2 Å². The van der Waals surface area contributed by atoms with Crippen LogP contribution < -0.4 is 5.32 Å². The summed E-state index contributed by atoms with van der Waals surface area (Å²) in [5.74, 6) is -0.530. The van der Waals surface area contributed by atoms with Crippen LogP contribution in [0.1, 0.15) is 47.0 Å². The van der Waals surface area contributed by atoms with Crippen LogP contribution in [-0.2, 0) is 9.59 Å². The van der Waals surface area contributed by atoms with Gasteiger partial charge in [0.25, 0.3) is 0 Å². The van der Waals surface area contributed by atoms with Gasteiger partial charge in [-0.3, -0.25) is 9.59 Å². The first-order valence-corrected chi connectivity index (χ1v) is 9.24. The smallest absolute Gasteiger partial charge is 0.317 e. The molecule has 2 N–H and O–H groups in total. The Balaban J connectivity index is 2.66. The molecule has 1 saturated heterocycles. The monoisotopic (exact) mass is 355 g/mol. The number of hydrogen-bond donors (Lipinski definition) is 2. The number of amides is 3. The van der Waals surface area contributed by atoms with Gasteiger partial charge in [0.15, 0.2) is 0 Å². The lowest BCUT2D eigenvalue weighted by atomic mass is 9.96. The Morgan fingerprint density at radius 2 is 1.88 bits per heavy atom. The van der Waals surface area contributed by atoms with E-state index >= 15 is 0 Å². The SMILES string of the molecule is CC(C)CNC(=O)N1CCCC(C(=O)N(CCC(=O)O)CC(C)C)C1. The second-order valence-corrected chi connectivity index (χ2v) is 7.69. The van der Waals surface area contributed by atoms with Gasteiger partial charge in [-0.15, -0.1) is 0 Å². The minimum atomic E-state index is -0.903. The topological polar surface area (TPSA) is 90.0 Å². The summed E-state index contributed by atoms with van der Waals surface area (Å²) in [6, 6.07) is -0.118. The molecule has 1 unspecified atom stereocenters. The Labute approximate surface area is 150 Å². The van der Waals surface area contributed by atoms with Crippen molar-refractivity contribution in [1.82, 2.24) is 15.1 Å². The predicted molar refractivity (Wildman–Crippen MR) is 96.2 cm³/mol. The van der Waals surface area contributed by atoms with Crippen molar-refractivity contribution in [3.63, 3.8) is 0 Å². The lowest BCUT2D eigenvalue weighted by Gasteiger charge is -2.35. The quantitative estimate of drug-likeness (QED) is 0.697. The van der Waals surface area contributed by atoms with Crippen LogP contribution >= 0.6 is 0 Å². The number of carbonyl (C=O) groups excluding carboxylic acids is 2. The molecule has 25 heavy (non-hydrogen) atoms. The van der Waals surface area contributed by atoms with Crippen molar-refractivity contribution in [3.8, 4) is 0 Å². The maximum atomic E-state index is 12.9. The summed E-state index contributed by atoms with van der Waals surface area (Å²) >= 11 is 0. The van der Waals surface area contributed by atoms with E-state index in [1.54, 1.807) is 9.80 Å². The molecule has 0 spiro atoms. The van der Waals surface area contributed by atoms with Crippen LogP contribution in [-0.4, -0.2) is 65.5 Å². The molecule has 7 nitrogen and oxygen atoms in total. The molecule has 0 saturated carbocycles. The van der Waals surface area contributed by atoms with E-state index in [9.17, 15) is 14.4 Å². The average Bonchev–Trinajstić information content (AvgIpc) is 2.55. The number of urea groups is 1. The Morgan fingerprint density at radius 3 is 2.44 bits per heavy atom. The van der Waals surface area contributed by atoms with Crippen LogP contribution in [0.2, 0.25) is 0 Å². The number of nitrogens with zero attached hydrogens (tertiary/aromatic N) is 2. The first-order chi connectivity index (χ1) is 11.7. The fourth-order valence-corrected chi connectivity index (χ4v) is 2.99. The number of rotatable bonds is 8. The van der Waals surface area contributed by atoms with Gasteiger partial charge in [-0.2, -0.15) is 0 Å². The second-order valence-electron chi connectivity index (χ2n) is 7.69. The summed E-state index contributed by atoms with van der Waals surface area (Å²) in [4.78, 5) is 39.3. The normalized spacial score (nSPS) is 17.7. The number of hydrogen-bond acceptors (Lipinski definition) is 3. The number of nitrogens with one attached hydrogen (secondary N) is 1. The second kappa shape index (κ2) is 10.3. The Morgan fingerprint density at radius 1 is 1.20 bits per heavy atom. The van der Waals surface area contributed by atoms with E-state index in [1.807, 2.05) is 27.7 Å². The molecule has 1 fully saturated rings. The van der Waals surface area contributed by atoms with E-state index in [1.165, 1.54) is 0 Å². The summed E-state index contributed by atoms with van der Waals surface area (Å²) in [6.07, 6.45) is 1.48. The van der Waals surface area contributed by atoms with E-state index in [0.717, 1.165) is 12.8 Å². The zero-order chi connectivity index (χ0) is 19.0. The van der Waals surface area contributed by atoms with Crippen molar-refractivity contribution in [2.45, 2.75) is 47.0 Å². The van der Waals surface area contributed by atoms with Crippen molar-refractivity contribution >= 4 is 17.9 Å². The molecule has 1 rings (SSSR count). The Kier molecular flexibility index (Phi) is 8.72. The molecule has 3 amide bonds. The fraction of sp³-hybridized carbons (Fsp3) is 0.833. The molecular weight excluding hydrogens is 322 g/mol. The Hall–Kier alpha value is -1.79. The number of piperidine rings is 1. The van der Waals surface area contributed by atoms with Gasteiger partial charge in [-0.25, -0.2) is 4.79 Å². The maximum absolute atomic E-state index is 12.9. The average molecular weight is 355 g/mol. The molecule has 0 aromatic carbocycles. The Bertz CT molecular complexity index is 465. The minimum absolute atomic E-state index is 0.0312. The van der Waals surface area contributed by atoms with Crippen LogP contribution in [0.15, 0.2) is 0 Å². The first kappa shape index (κ1) is 21.3. The molecular formula is C18H33N3O4. The first-order valence-electron chi connectivity index (χ1n) is 9.24. The highest BCUT2D eigenvalue weighted by molar-refractivity contribution is 5.81. The van der Waals surface area contributed by atoms with Crippen LogP contribution in [0.3, 0.4) is 0 Å². The van der Waals surface area contributed by atoms with Gasteiger partial charge in [-0.05, 0) is 24.7 Å². The maximum Gasteiger partial charge on any atom is 0.317 e. The van der Waals surface area contributed by atoms with E-state index in [4.69, 9.17) is 5.11 Å². The summed E-state index contributed by atoms with van der Waals surface area (Å²) in [6.45, 7) is 10.5. The number of carboxylic acids is 1. The van der Waals surface area contributed by atoms with Gasteiger partial charge in [-0.1, -0.05) is 27.7 Å². The third kappa shape index (κ3) is 7.75. The van der Waals surface area contributed by atoms with E-state index < -0.39 is 5.97 Å². The van der Waals surface area contributed by atoms with Crippen molar-refractivity contribution < 1.29 is 19.5 Å². The van der Waals surface area contributed by atoms with Gasteiger partial charge in [0.05, 0.1) is 12.3 Å². The lowest BCUT2D eigenvalue weighted by Crippen LogP contribution is -2.50. The lowest BCUT2D eigenvalue weighted by molar-refractivity contribution is -0.140. The summed E-state index contributed by atoms with van der Waals surface area (Å²) in [5, 5.41) is 11.8. The number of aliphatic carboxylic acids is 1. The molecule has 144 valence electrons. The molecule has 1 atom stereocenters. The third-order valence-corrected chi connectivity index (χ3v) is 4.21. The van der Waals surface area contributed by atoms with E-state index in [-0.39, 0.29) is 36.7 Å². The molecule has 0 aliphatic carbocycles. The minimum Gasteiger partial charge on any atom is -0.481 e. The van der Waals surface area contributed by atoms with Crippen molar-refractivity contribution in [3.05, 3.63) is 0 Å². The molecule has 1 aliphatic heterocycles. The highest BCUT2D eigenvalue weighted by atomic mass is 16.4. The summed E-state index contributed by atoms with van der Waals surface area (Å²) in [5.41, 5.74) is 0. The zero-order valence-electron chi connectivity index (χ0n) is 16.0. The third-order valence-electron chi connectivity index (χ3n) is 4.21. The van der Waals surface area contributed by atoms with E-state index in [2.05, 4.69) is 5.32 Å². The van der Waals surface area contributed by atoms with Gasteiger partial charge in [0.1, 0.15) is 0 Å². The van der Waals surface area contributed by atoms with Gasteiger partial charge in [0, 0.05) is 32.7 Å². The fourth-order valence-electron chi connectivity index (χ4n) is 2.99. The molecule has 0 aromatic rings. The highest BCUT2D eigenvalue weighted by Gasteiger charge is 2.31. The molecule has 7 heteroatoms. The molecule has 0 radical (unpaired) electrons. The summed E-state index contributed by atoms with van der Waals surface area (Å²) in [7, 11) is 0.